The van der Waals surface area contributed by atoms with Gasteiger partial charge in [0.15, 0.2) is 11.5 Å². The fourth-order valence-corrected chi connectivity index (χ4v) is 1.85. The summed E-state index contributed by atoms with van der Waals surface area (Å²) < 4.78 is 5.31. The molecule has 2 aromatic rings. The number of ether oxygens (including phenoxy) is 1. The Kier molecular flexibility index (Phi) is 4.85. The maximum absolute atomic E-state index is 9.74. The Hall–Kier alpha value is -2.20. The third-order valence-corrected chi connectivity index (χ3v) is 2.82. The summed E-state index contributed by atoms with van der Waals surface area (Å²) in [5.41, 5.74) is 4.53. The number of anilines is 1. The Morgan fingerprint density at radius 3 is 2.75 bits per heavy atom. The highest BCUT2D eigenvalue weighted by Crippen LogP contribution is 2.34. The van der Waals surface area contributed by atoms with Gasteiger partial charge in [0.05, 0.1) is 23.5 Å². The van der Waals surface area contributed by atoms with Crippen molar-refractivity contribution >= 4 is 23.5 Å². The molecule has 0 saturated carbocycles. The number of aromatic hydroxyl groups is 1. The summed E-state index contributed by atoms with van der Waals surface area (Å²) >= 11 is 5.94. The van der Waals surface area contributed by atoms with Crippen molar-refractivity contribution in [3.8, 4) is 11.5 Å². The number of hydrogen-bond acceptors (Lipinski definition) is 4. The van der Waals surface area contributed by atoms with Crippen molar-refractivity contribution in [3.05, 3.63) is 53.1 Å². The van der Waals surface area contributed by atoms with E-state index >= 15 is 0 Å². The second-order valence-corrected chi connectivity index (χ2v) is 4.43. The quantitative estimate of drug-likeness (QED) is 0.649. The molecule has 0 radical (unpaired) electrons. The zero-order valence-electron chi connectivity index (χ0n) is 11.0. The number of phenols is 1. The fourth-order valence-electron chi connectivity index (χ4n) is 1.63. The van der Waals surface area contributed by atoms with Crippen LogP contribution in [0.25, 0.3) is 0 Å². The third kappa shape index (κ3) is 3.65. The Morgan fingerprint density at radius 2 is 2.05 bits per heavy atom. The molecule has 4 nitrogen and oxygen atoms in total. The molecule has 104 valence electrons. The lowest BCUT2D eigenvalue weighted by Gasteiger charge is -2.08. The van der Waals surface area contributed by atoms with E-state index in [2.05, 4.69) is 10.5 Å². The molecule has 0 atom stereocenters. The lowest BCUT2D eigenvalue weighted by atomic mass is 10.2. The topological polar surface area (TPSA) is 53.8 Å². The summed E-state index contributed by atoms with van der Waals surface area (Å²) in [4.78, 5) is 0. The molecule has 2 N–H and O–H groups in total. The van der Waals surface area contributed by atoms with Gasteiger partial charge in [-0.2, -0.15) is 5.10 Å². The fraction of sp³-hybridized carbons (Fsp3) is 0.133. The van der Waals surface area contributed by atoms with Crippen LogP contribution in [-0.2, 0) is 0 Å². The summed E-state index contributed by atoms with van der Waals surface area (Å²) in [5.74, 6) is 0.294. The first-order valence-electron chi connectivity index (χ1n) is 6.20. The normalized spacial score (nSPS) is 10.7. The Bertz CT molecular complexity index is 600. The molecule has 0 aliphatic heterocycles. The predicted octanol–water partition coefficient (Wildman–Crippen LogP) is 3.89. The van der Waals surface area contributed by atoms with Gasteiger partial charge in [0.25, 0.3) is 0 Å². The van der Waals surface area contributed by atoms with Gasteiger partial charge in [0, 0.05) is 0 Å². The number of rotatable bonds is 5. The van der Waals surface area contributed by atoms with E-state index in [4.69, 9.17) is 16.3 Å². The number of nitrogens with zero attached hydrogens (tertiary/aromatic N) is 1. The molecule has 0 amide bonds. The highest BCUT2D eigenvalue weighted by Gasteiger charge is 2.08. The van der Waals surface area contributed by atoms with Crippen molar-refractivity contribution in [2.45, 2.75) is 6.92 Å². The van der Waals surface area contributed by atoms with Crippen molar-refractivity contribution in [2.24, 2.45) is 5.10 Å². The average molecular weight is 291 g/mol. The second kappa shape index (κ2) is 6.82. The van der Waals surface area contributed by atoms with Gasteiger partial charge in [-0.25, -0.2) is 0 Å². The van der Waals surface area contributed by atoms with Gasteiger partial charge in [-0.3, -0.25) is 5.43 Å². The molecule has 2 rings (SSSR count). The van der Waals surface area contributed by atoms with Crippen LogP contribution in [0, 0.1) is 0 Å². The standard InChI is InChI=1S/C15H15ClN2O2/c1-2-20-14-9-11(8-13(16)15(14)19)10-17-18-12-6-4-3-5-7-12/h3-10,18-19H,2H2,1H3. The van der Waals surface area contributed by atoms with Crippen LogP contribution in [0.2, 0.25) is 5.02 Å². The maximum atomic E-state index is 9.74. The Balaban J connectivity index is 2.13. The largest absolute Gasteiger partial charge is 0.503 e. The van der Waals surface area contributed by atoms with Gasteiger partial charge < -0.3 is 9.84 Å². The van der Waals surface area contributed by atoms with Crippen LogP contribution in [0.15, 0.2) is 47.6 Å². The summed E-state index contributed by atoms with van der Waals surface area (Å²) in [5, 5.41) is 14.1. The average Bonchev–Trinajstić information content (AvgIpc) is 2.45. The van der Waals surface area contributed by atoms with E-state index in [9.17, 15) is 5.11 Å². The van der Waals surface area contributed by atoms with E-state index in [0.29, 0.717) is 12.4 Å². The molecule has 0 saturated heterocycles. The smallest absolute Gasteiger partial charge is 0.176 e. The van der Waals surface area contributed by atoms with E-state index in [1.165, 1.54) is 0 Å². The van der Waals surface area contributed by atoms with E-state index in [-0.39, 0.29) is 10.8 Å². The van der Waals surface area contributed by atoms with Crippen LogP contribution in [0.4, 0.5) is 5.69 Å². The van der Waals surface area contributed by atoms with Crippen LogP contribution in [0.3, 0.4) is 0 Å². The summed E-state index contributed by atoms with van der Waals surface area (Å²) in [6, 6.07) is 12.9. The van der Waals surface area contributed by atoms with Crippen molar-refractivity contribution < 1.29 is 9.84 Å². The molecule has 0 fully saturated rings. The first-order chi connectivity index (χ1) is 9.70. The van der Waals surface area contributed by atoms with Crippen molar-refractivity contribution in [1.82, 2.24) is 0 Å². The van der Waals surface area contributed by atoms with Gasteiger partial charge in [0.1, 0.15) is 0 Å². The maximum Gasteiger partial charge on any atom is 0.176 e. The predicted molar refractivity (Wildman–Crippen MR) is 81.9 cm³/mol. The van der Waals surface area contributed by atoms with Gasteiger partial charge in [0.2, 0.25) is 0 Å². The number of halogens is 1. The molecule has 0 aliphatic rings. The molecule has 0 unspecified atom stereocenters. The molecular weight excluding hydrogens is 276 g/mol. The Labute approximate surface area is 122 Å². The number of phenolic OH excluding ortho intramolecular Hbond substituents is 1. The summed E-state index contributed by atoms with van der Waals surface area (Å²) in [6.07, 6.45) is 1.61. The first-order valence-corrected chi connectivity index (χ1v) is 6.58. The third-order valence-electron chi connectivity index (χ3n) is 2.53. The zero-order valence-corrected chi connectivity index (χ0v) is 11.8. The molecule has 20 heavy (non-hydrogen) atoms. The molecule has 2 aromatic carbocycles. The molecular formula is C15H15ClN2O2. The first kappa shape index (κ1) is 14.2. The highest BCUT2D eigenvalue weighted by atomic mass is 35.5. The summed E-state index contributed by atoms with van der Waals surface area (Å²) in [7, 11) is 0. The van der Waals surface area contributed by atoms with Crippen LogP contribution < -0.4 is 10.2 Å². The molecule has 0 heterocycles. The molecule has 0 spiro atoms. The van der Waals surface area contributed by atoms with Crippen molar-refractivity contribution in [3.63, 3.8) is 0 Å². The monoisotopic (exact) mass is 290 g/mol. The van der Waals surface area contributed by atoms with Gasteiger partial charge >= 0.3 is 0 Å². The minimum atomic E-state index is -0.0540. The number of hydrogen-bond donors (Lipinski definition) is 2. The molecule has 0 bridgehead atoms. The van der Waals surface area contributed by atoms with Gasteiger partial charge in [-0.05, 0) is 36.8 Å². The summed E-state index contributed by atoms with van der Waals surface area (Å²) in [6.45, 7) is 2.29. The van der Waals surface area contributed by atoms with Crippen LogP contribution in [0.5, 0.6) is 11.5 Å². The van der Waals surface area contributed by atoms with E-state index in [1.807, 2.05) is 37.3 Å². The van der Waals surface area contributed by atoms with E-state index < -0.39 is 0 Å². The van der Waals surface area contributed by atoms with Gasteiger partial charge in [-0.1, -0.05) is 29.8 Å². The van der Waals surface area contributed by atoms with Crippen molar-refractivity contribution in [2.75, 3.05) is 12.0 Å². The number of hydrazone groups is 1. The van der Waals surface area contributed by atoms with E-state index in [0.717, 1.165) is 11.3 Å². The van der Waals surface area contributed by atoms with Crippen LogP contribution in [0.1, 0.15) is 12.5 Å². The molecule has 0 aliphatic carbocycles. The van der Waals surface area contributed by atoms with Gasteiger partial charge in [-0.15, -0.1) is 0 Å². The molecule has 5 heteroatoms. The highest BCUT2D eigenvalue weighted by molar-refractivity contribution is 6.32. The number of para-hydroxylation sites is 1. The number of benzene rings is 2. The minimum absolute atomic E-state index is 0.0540. The van der Waals surface area contributed by atoms with Crippen molar-refractivity contribution in [1.29, 1.82) is 0 Å². The minimum Gasteiger partial charge on any atom is -0.503 e. The lowest BCUT2D eigenvalue weighted by molar-refractivity contribution is 0.318. The lowest BCUT2D eigenvalue weighted by Crippen LogP contribution is -1.95. The molecule has 0 aromatic heterocycles. The second-order valence-electron chi connectivity index (χ2n) is 4.02. The van der Waals surface area contributed by atoms with Crippen LogP contribution >= 0.6 is 11.6 Å². The SMILES string of the molecule is CCOc1cc(C=NNc2ccccc2)cc(Cl)c1O. The zero-order chi connectivity index (χ0) is 14.4. The number of nitrogens with one attached hydrogen (secondary N) is 1. The van der Waals surface area contributed by atoms with Crippen LogP contribution in [-0.4, -0.2) is 17.9 Å². The Morgan fingerprint density at radius 1 is 1.30 bits per heavy atom. The van der Waals surface area contributed by atoms with E-state index in [1.54, 1.807) is 18.3 Å².